The number of ether oxygens (including phenoxy) is 1. The Bertz CT molecular complexity index is 386. The van der Waals surface area contributed by atoms with Crippen molar-refractivity contribution >= 4 is 0 Å². The lowest BCUT2D eigenvalue weighted by atomic mass is 9.86. The normalized spacial score (nSPS) is 25.0. The van der Waals surface area contributed by atoms with E-state index in [9.17, 15) is 0 Å². The average Bonchev–Trinajstić information content (AvgIpc) is 2.48. The monoisotopic (exact) mass is 263 g/mol. The molecule has 1 unspecified atom stereocenters. The molecule has 1 aliphatic rings. The largest absolute Gasteiger partial charge is 0.497 e. The van der Waals surface area contributed by atoms with Crippen molar-refractivity contribution in [3.63, 3.8) is 0 Å². The first-order valence-corrected chi connectivity index (χ1v) is 7.23. The summed E-state index contributed by atoms with van der Waals surface area (Å²) in [5, 5.41) is 12.9. The van der Waals surface area contributed by atoms with Gasteiger partial charge in [-0.1, -0.05) is 12.1 Å². The number of hydrogen-bond acceptors (Lipinski definition) is 3. The van der Waals surface area contributed by atoms with E-state index in [0.717, 1.165) is 18.6 Å². The van der Waals surface area contributed by atoms with Crippen molar-refractivity contribution in [2.75, 3.05) is 13.7 Å². The average molecular weight is 263 g/mol. The molecule has 0 radical (unpaired) electrons. The van der Waals surface area contributed by atoms with Gasteiger partial charge in [0.25, 0.3) is 0 Å². The Morgan fingerprint density at radius 2 is 2.05 bits per heavy atom. The van der Waals surface area contributed by atoms with Gasteiger partial charge in [-0.15, -0.1) is 0 Å². The Morgan fingerprint density at radius 3 is 2.68 bits per heavy atom. The van der Waals surface area contributed by atoms with Gasteiger partial charge in [-0.2, -0.15) is 0 Å². The molecule has 106 valence electrons. The summed E-state index contributed by atoms with van der Waals surface area (Å²) in [6, 6.07) is 9.16. The van der Waals surface area contributed by atoms with Gasteiger partial charge >= 0.3 is 0 Å². The number of nitrogens with one attached hydrogen (secondary N) is 1. The van der Waals surface area contributed by atoms with Crippen LogP contribution in [0.25, 0.3) is 0 Å². The van der Waals surface area contributed by atoms with Crippen LogP contribution >= 0.6 is 0 Å². The zero-order valence-corrected chi connectivity index (χ0v) is 11.9. The van der Waals surface area contributed by atoms with Gasteiger partial charge in [0.05, 0.1) is 7.11 Å². The third-order valence-electron chi connectivity index (χ3n) is 4.18. The van der Waals surface area contributed by atoms with Crippen molar-refractivity contribution < 1.29 is 9.84 Å². The molecule has 0 aliphatic heterocycles. The molecular weight excluding hydrogens is 238 g/mol. The third kappa shape index (κ3) is 3.95. The molecule has 1 fully saturated rings. The lowest BCUT2D eigenvalue weighted by Crippen LogP contribution is -2.35. The van der Waals surface area contributed by atoms with Gasteiger partial charge < -0.3 is 15.2 Å². The van der Waals surface area contributed by atoms with E-state index in [2.05, 4.69) is 24.4 Å². The fourth-order valence-electron chi connectivity index (χ4n) is 2.87. The fraction of sp³-hybridized carbons (Fsp3) is 0.625. The zero-order valence-electron chi connectivity index (χ0n) is 11.9. The van der Waals surface area contributed by atoms with Crippen LogP contribution in [0, 0.1) is 5.92 Å². The van der Waals surface area contributed by atoms with Gasteiger partial charge in [0.2, 0.25) is 0 Å². The summed E-state index contributed by atoms with van der Waals surface area (Å²) in [5.41, 5.74) is 1.27. The van der Waals surface area contributed by atoms with Crippen molar-refractivity contribution in [3.8, 4) is 5.75 Å². The first-order chi connectivity index (χ1) is 9.22. The van der Waals surface area contributed by atoms with Crippen LogP contribution in [-0.2, 0) is 0 Å². The van der Waals surface area contributed by atoms with Crippen LogP contribution in [-0.4, -0.2) is 24.9 Å². The van der Waals surface area contributed by atoms with E-state index < -0.39 is 0 Å². The standard InChI is InChI=1S/C16H25NO2/c1-12(14-4-3-5-16(10-14)19-2)17-15-8-6-13(11-18)7-9-15/h3-5,10,12-13,15,17-18H,6-9,11H2,1-2H3. The molecule has 3 nitrogen and oxygen atoms in total. The maximum Gasteiger partial charge on any atom is 0.119 e. The van der Waals surface area contributed by atoms with E-state index in [-0.39, 0.29) is 0 Å². The number of methoxy groups -OCH3 is 1. The lowest BCUT2D eigenvalue weighted by molar-refractivity contribution is 0.172. The molecule has 0 spiro atoms. The molecule has 1 aromatic rings. The smallest absolute Gasteiger partial charge is 0.119 e. The molecule has 0 saturated heterocycles. The first kappa shape index (κ1) is 14.4. The Kier molecular flexibility index (Phi) is 5.23. The zero-order chi connectivity index (χ0) is 13.7. The highest BCUT2D eigenvalue weighted by Crippen LogP contribution is 2.26. The molecule has 0 aromatic heterocycles. The van der Waals surface area contributed by atoms with E-state index in [1.807, 2.05) is 12.1 Å². The SMILES string of the molecule is COc1cccc(C(C)NC2CCC(CO)CC2)c1. The molecule has 2 N–H and O–H groups in total. The molecule has 0 amide bonds. The van der Waals surface area contributed by atoms with Crippen LogP contribution in [0.2, 0.25) is 0 Å². The van der Waals surface area contributed by atoms with Gasteiger partial charge in [0.15, 0.2) is 0 Å². The molecule has 1 atom stereocenters. The van der Waals surface area contributed by atoms with Gasteiger partial charge in [-0.25, -0.2) is 0 Å². The third-order valence-corrected chi connectivity index (χ3v) is 4.18. The van der Waals surface area contributed by atoms with Gasteiger partial charge in [0.1, 0.15) is 5.75 Å². The number of hydrogen-bond donors (Lipinski definition) is 2. The molecule has 1 aliphatic carbocycles. The van der Waals surface area contributed by atoms with Crippen LogP contribution in [0.5, 0.6) is 5.75 Å². The van der Waals surface area contributed by atoms with Crippen molar-refractivity contribution in [3.05, 3.63) is 29.8 Å². The minimum atomic E-state index is 0.339. The highest BCUT2D eigenvalue weighted by molar-refractivity contribution is 5.30. The molecule has 1 aromatic carbocycles. The summed E-state index contributed by atoms with van der Waals surface area (Å²) in [7, 11) is 1.70. The Labute approximate surface area is 116 Å². The minimum absolute atomic E-state index is 0.339. The Morgan fingerprint density at radius 1 is 1.32 bits per heavy atom. The summed E-state index contributed by atoms with van der Waals surface area (Å²) >= 11 is 0. The number of benzene rings is 1. The van der Waals surface area contributed by atoms with Crippen LogP contribution < -0.4 is 10.1 Å². The second kappa shape index (κ2) is 6.92. The Balaban J connectivity index is 1.88. The van der Waals surface area contributed by atoms with E-state index in [4.69, 9.17) is 9.84 Å². The highest BCUT2D eigenvalue weighted by atomic mass is 16.5. The quantitative estimate of drug-likeness (QED) is 0.858. The Hall–Kier alpha value is -1.06. The van der Waals surface area contributed by atoms with E-state index >= 15 is 0 Å². The number of aliphatic hydroxyl groups is 1. The molecular formula is C16H25NO2. The second-order valence-corrected chi connectivity index (χ2v) is 5.57. The van der Waals surface area contributed by atoms with E-state index in [1.165, 1.54) is 18.4 Å². The minimum Gasteiger partial charge on any atom is -0.497 e. The summed E-state index contributed by atoms with van der Waals surface area (Å²) < 4.78 is 5.27. The topological polar surface area (TPSA) is 41.5 Å². The maximum atomic E-state index is 9.16. The lowest BCUT2D eigenvalue weighted by Gasteiger charge is -2.30. The summed E-state index contributed by atoms with van der Waals surface area (Å²) in [6.07, 6.45) is 4.61. The molecule has 0 bridgehead atoms. The molecule has 3 heteroatoms. The predicted molar refractivity (Wildman–Crippen MR) is 77.4 cm³/mol. The van der Waals surface area contributed by atoms with Gasteiger partial charge in [-0.05, 0) is 56.2 Å². The molecule has 0 heterocycles. The van der Waals surface area contributed by atoms with E-state index in [1.54, 1.807) is 7.11 Å². The van der Waals surface area contributed by atoms with Crippen LogP contribution in [0.3, 0.4) is 0 Å². The van der Waals surface area contributed by atoms with Gasteiger partial charge in [-0.3, -0.25) is 0 Å². The number of aliphatic hydroxyl groups excluding tert-OH is 1. The second-order valence-electron chi connectivity index (χ2n) is 5.57. The van der Waals surface area contributed by atoms with E-state index in [0.29, 0.717) is 24.6 Å². The summed E-state index contributed by atoms with van der Waals surface area (Å²) in [5.74, 6) is 1.43. The highest BCUT2D eigenvalue weighted by Gasteiger charge is 2.21. The van der Waals surface area contributed by atoms with Crippen molar-refractivity contribution in [2.24, 2.45) is 5.92 Å². The molecule has 19 heavy (non-hydrogen) atoms. The number of rotatable bonds is 5. The predicted octanol–water partition coefficient (Wildman–Crippen LogP) is 2.90. The molecule has 2 rings (SSSR count). The summed E-state index contributed by atoms with van der Waals surface area (Å²) in [4.78, 5) is 0. The molecule has 1 saturated carbocycles. The van der Waals surface area contributed by atoms with Crippen LogP contribution in [0.15, 0.2) is 24.3 Å². The van der Waals surface area contributed by atoms with Gasteiger partial charge in [0, 0.05) is 18.7 Å². The fourth-order valence-corrected chi connectivity index (χ4v) is 2.87. The maximum absolute atomic E-state index is 9.16. The van der Waals surface area contributed by atoms with Crippen LogP contribution in [0.4, 0.5) is 0 Å². The van der Waals surface area contributed by atoms with Crippen LogP contribution in [0.1, 0.15) is 44.2 Å². The van der Waals surface area contributed by atoms with Crippen molar-refractivity contribution in [1.82, 2.24) is 5.32 Å². The summed E-state index contributed by atoms with van der Waals surface area (Å²) in [6.45, 7) is 2.55. The van der Waals surface area contributed by atoms with Crippen molar-refractivity contribution in [2.45, 2.75) is 44.7 Å². The first-order valence-electron chi connectivity index (χ1n) is 7.23. The van der Waals surface area contributed by atoms with Crippen molar-refractivity contribution in [1.29, 1.82) is 0 Å².